The highest BCUT2D eigenvalue weighted by Gasteiger charge is 2.21. The number of esters is 1. The van der Waals surface area contributed by atoms with Crippen molar-refractivity contribution in [3.05, 3.63) is 41.5 Å². The lowest BCUT2D eigenvalue weighted by Gasteiger charge is -2.15. The highest BCUT2D eigenvalue weighted by atomic mass is 16.5. The monoisotopic (exact) mass is 419 g/mol. The molecule has 0 aliphatic carbocycles. The predicted molar refractivity (Wildman–Crippen MR) is 108 cm³/mol. The average Bonchev–Trinajstić information content (AvgIpc) is 2.79. The van der Waals surface area contributed by atoms with Gasteiger partial charge in [0.25, 0.3) is 5.91 Å². The molecule has 9 heteroatoms. The van der Waals surface area contributed by atoms with Crippen molar-refractivity contribution in [3.8, 4) is 28.7 Å². The second-order valence-electron chi connectivity index (χ2n) is 5.91. The molecule has 0 fully saturated rings. The van der Waals surface area contributed by atoms with Crippen molar-refractivity contribution in [1.82, 2.24) is 5.32 Å². The Bertz CT molecular complexity index is 875. The number of benzene rings is 2. The molecule has 0 aliphatic heterocycles. The molecule has 0 aliphatic rings. The lowest BCUT2D eigenvalue weighted by molar-refractivity contribution is -0.124. The molecule has 0 saturated heterocycles. The van der Waals surface area contributed by atoms with Gasteiger partial charge in [0.2, 0.25) is 0 Å². The van der Waals surface area contributed by atoms with Gasteiger partial charge in [0.15, 0.2) is 18.1 Å². The maximum absolute atomic E-state index is 12.4. The van der Waals surface area contributed by atoms with E-state index in [0.29, 0.717) is 22.8 Å². The largest absolute Gasteiger partial charge is 0.496 e. The molecule has 0 unspecified atom stereocenters. The SMILES string of the molecule is COc1cc(OC)c(OC)cc1CNC(=O)COC(=O)c1c(OC)cccc1OC. The fourth-order valence-electron chi connectivity index (χ4n) is 2.73. The highest BCUT2D eigenvalue weighted by Crippen LogP contribution is 2.34. The summed E-state index contributed by atoms with van der Waals surface area (Å²) in [6, 6.07) is 8.24. The van der Waals surface area contributed by atoms with Gasteiger partial charge < -0.3 is 33.7 Å². The Morgan fingerprint density at radius 3 is 1.83 bits per heavy atom. The maximum Gasteiger partial charge on any atom is 0.346 e. The molecule has 1 N–H and O–H groups in total. The number of ether oxygens (including phenoxy) is 6. The second kappa shape index (κ2) is 10.8. The fraction of sp³-hybridized carbons (Fsp3) is 0.333. The molecule has 0 heterocycles. The number of carbonyl (C=O) groups excluding carboxylic acids is 2. The van der Waals surface area contributed by atoms with E-state index in [9.17, 15) is 9.59 Å². The lowest BCUT2D eigenvalue weighted by Crippen LogP contribution is -2.28. The fourth-order valence-corrected chi connectivity index (χ4v) is 2.73. The van der Waals surface area contributed by atoms with E-state index in [0.717, 1.165) is 0 Å². The van der Waals surface area contributed by atoms with Crippen LogP contribution in [0.1, 0.15) is 15.9 Å². The van der Waals surface area contributed by atoms with Gasteiger partial charge in [-0.05, 0) is 18.2 Å². The summed E-state index contributed by atoms with van der Waals surface area (Å²) in [6.07, 6.45) is 0. The average molecular weight is 419 g/mol. The van der Waals surface area contributed by atoms with Crippen molar-refractivity contribution < 1.29 is 38.0 Å². The van der Waals surface area contributed by atoms with Gasteiger partial charge in [-0.25, -0.2) is 4.79 Å². The van der Waals surface area contributed by atoms with Gasteiger partial charge in [-0.3, -0.25) is 4.79 Å². The third-order valence-corrected chi connectivity index (χ3v) is 4.23. The molecular formula is C21H25NO8. The van der Waals surface area contributed by atoms with Crippen LogP contribution in [0.4, 0.5) is 0 Å². The Balaban J connectivity index is 2.02. The van der Waals surface area contributed by atoms with Crippen molar-refractivity contribution in [3.63, 3.8) is 0 Å². The molecule has 2 aromatic carbocycles. The van der Waals surface area contributed by atoms with Crippen molar-refractivity contribution in [2.75, 3.05) is 42.2 Å². The molecule has 0 saturated carbocycles. The molecule has 0 spiro atoms. The first-order chi connectivity index (χ1) is 14.5. The van der Waals surface area contributed by atoms with Gasteiger partial charge >= 0.3 is 5.97 Å². The van der Waals surface area contributed by atoms with Crippen molar-refractivity contribution >= 4 is 11.9 Å². The Morgan fingerprint density at radius 1 is 0.767 bits per heavy atom. The van der Waals surface area contributed by atoms with E-state index in [2.05, 4.69) is 5.32 Å². The molecule has 0 radical (unpaired) electrons. The molecule has 9 nitrogen and oxygen atoms in total. The van der Waals surface area contributed by atoms with Crippen molar-refractivity contribution in [2.45, 2.75) is 6.54 Å². The van der Waals surface area contributed by atoms with Crippen LogP contribution in [0.2, 0.25) is 0 Å². The quantitative estimate of drug-likeness (QED) is 0.585. The molecular weight excluding hydrogens is 394 g/mol. The Kier molecular flexibility index (Phi) is 8.16. The summed E-state index contributed by atoms with van der Waals surface area (Å²) in [5, 5.41) is 2.67. The van der Waals surface area contributed by atoms with Crippen LogP contribution in [-0.2, 0) is 16.1 Å². The lowest BCUT2D eigenvalue weighted by atomic mass is 10.1. The molecule has 1 amide bonds. The van der Waals surface area contributed by atoms with E-state index in [1.807, 2.05) is 0 Å². The third kappa shape index (κ3) is 5.25. The van der Waals surface area contributed by atoms with Crippen molar-refractivity contribution in [1.29, 1.82) is 0 Å². The molecule has 2 rings (SSSR count). The molecule has 0 bridgehead atoms. The maximum atomic E-state index is 12.4. The number of hydrogen-bond donors (Lipinski definition) is 1. The highest BCUT2D eigenvalue weighted by molar-refractivity contribution is 5.96. The minimum absolute atomic E-state index is 0.108. The normalized spacial score (nSPS) is 10.0. The van der Waals surface area contributed by atoms with E-state index in [1.54, 1.807) is 30.3 Å². The first-order valence-corrected chi connectivity index (χ1v) is 8.92. The van der Waals surface area contributed by atoms with Gasteiger partial charge in [0.05, 0.1) is 35.5 Å². The van der Waals surface area contributed by atoms with Crippen LogP contribution < -0.4 is 29.0 Å². The van der Waals surface area contributed by atoms with Crippen molar-refractivity contribution in [2.24, 2.45) is 0 Å². The number of rotatable bonds is 10. The Hall–Kier alpha value is -3.62. The van der Waals surface area contributed by atoms with Crippen LogP contribution in [0, 0.1) is 0 Å². The molecule has 30 heavy (non-hydrogen) atoms. The van der Waals surface area contributed by atoms with Crippen LogP contribution in [-0.4, -0.2) is 54.0 Å². The zero-order valence-corrected chi connectivity index (χ0v) is 17.6. The standard InChI is InChI=1S/C21H25NO8/c1-25-14-7-6-8-15(26-2)20(14)21(24)30-12-19(23)22-11-13-9-17(28-4)18(29-5)10-16(13)27-3/h6-10H,11-12H2,1-5H3,(H,22,23). The summed E-state index contributed by atoms with van der Waals surface area (Å²) in [5.74, 6) is 0.868. The molecule has 2 aromatic rings. The van der Waals surface area contributed by atoms with Gasteiger partial charge in [-0.15, -0.1) is 0 Å². The summed E-state index contributed by atoms with van der Waals surface area (Å²) in [7, 11) is 7.39. The second-order valence-corrected chi connectivity index (χ2v) is 5.91. The van der Waals surface area contributed by atoms with E-state index in [4.69, 9.17) is 28.4 Å². The minimum Gasteiger partial charge on any atom is -0.496 e. The van der Waals surface area contributed by atoms with Crippen LogP contribution in [0.15, 0.2) is 30.3 Å². The third-order valence-electron chi connectivity index (χ3n) is 4.23. The van der Waals surface area contributed by atoms with Crippen LogP contribution in [0.25, 0.3) is 0 Å². The van der Waals surface area contributed by atoms with E-state index in [1.165, 1.54) is 35.5 Å². The molecule has 162 valence electrons. The molecule has 0 aromatic heterocycles. The summed E-state index contributed by atoms with van der Waals surface area (Å²) < 4.78 is 31.3. The van der Waals surface area contributed by atoms with Gasteiger partial charge in [-0.2, -0.15) is 0 Å². The Morgan fingerprint density at radius 2 is 1.30 bits per heavy atom. The topological polar surface area (TPSA) is 102 Å². The van der Waals surface area contributed by atoms with Crippen LogP contribution in [0.3, 0.4) is 0 Å². The minimum atomic E-state index is -0.733. The smallest absolute Gasteiger partial charge is 0.346 e. The number of carbonyl (C=O) groups is 2. The zero-order valence-electron chi connectivity index (χ0n) is 17.6. The van der Waals surface area contributed by atoms with E-state index in [-0.39, 0.29) is 23.6 Å². The first-order valence-electron chi connectivity index (χ1n) is 8.92. The van der Waals surface area contributed by atoms with Gasteiger partial charge in [0.1, 0.15) is 22.8 Å². The van der Waals surface area contributed by atoms with Crippen LogP contribution in [0.5, 0.6) is 28.7 Å². The van der Waals surface area contributed by atoms with E-state index >= 15 is 0 Å². The predicted octanol–water partition coefficient (Wildman–Crippen LogP) is 2.20. The number of hydrogen-bond acceptors (Lipinski definition) is 8. The zero-order chi connectivity index (χ0) is 22.1. The van der Waals surface area contributed by atoms with Gasteiger partial charge in [-0.1, -0.05) is 6.07 Å². The van der Waals surface area contributed by atoms with E-state index < -0.39 is 18.5 Å². The summed E-state index contributed by atoms with van der Waals surface area (Å²) in [4.78, 5) is 24.6. The number of amides is 1. The van der Waals surface area contributed by atoms with Gasteiger partial charge in [0, 0.05) is 18.2 Å². The summed E-state index contributed by atoms with van der Waals surface area (Å²) in [6.45, 7) is -0.340. The summed E-state index contributed by atoms with van der Waals surface area (Å²) >= 11 is 0. The first kappa shape index (κ1) is 22.7. The number of methoxy groups -OCH3 is 5. The molecule has 0 atom stereocenters. The number of nitrogens with one attached hydrogen (secondary N) is 1. The summed E-state index contributed by atoms with van der Waals surface area (Å²) in [5.41, 5.74) is 0.776. The van der Waals surface area contributed by atoms with Crippen LogP contribution >= 0.6 is 0 Å². The Labute approximate surface area is 174 Å².